The zero-order valence-corrected chi connectivity index (χ0v) is 16.5. The molecule has 0 saturated heterocycles. The quantitative estimate of drug-likeness (QED) is 0.719. The normalized spacial score (nSPS) is 13.1. The summed E-state index contributed by atoms with van der Waals surface area (Å²) in [6.45, 7) is 3.24. The van der Waals surface area contributed by atoms with Gasteiger partial charge in [0.2, 0.25) is 5.91 Å². The number of rotatable bonds is 4. The first-order valence-corrected chi connectivity index (χ1v) is 10.2. The van der Waals surface area contributed by atoms with Crippen LogP contribution in [0.1, 0.15) is 35.0 Å². The van der Waals surface area contributed by atoms with Crippen molar-refractivity contribution in [3.63, 3.8) is 0 Å². The molecule has 0 saturated carbocycles. The average Bonchev–Trinajstić information content (AvgIpc) is 3.24. The van der Waals surface area contributed by atoms with Gasteiger partial charge in [-0.2, -0.15) is 0 Å². The van der Waals surface area contributed by atoms with Crippen molar-refractivity contribution >= 4 is 28.8 Å². The van der Waals surface area contributed by atoms with Crippen LogP contribution in [0, 0.1) is 0 Å². The number of hydrogen-bond donors (Lipinski definition) is 1. The van der Waals surface area contributed by atoms with Crippen molar-refractivity contribution in [3.05, 3.63) is 70.7 Å². The van der Waals surface area contributed by atoms with Crippen molar-refractivity contribution in [2.24, 2.45) is 0 Å². The standard InChI is InChI=1S/C22H21N3O2S/c1-2-20(26)25-11-10-15-8-9-18(12-17(15)13-25)23-21(27)19-14-28-22(24-19)16-6-4-3-5-7-16/h3-9,12,14H,2,10-11,13H2,1H3,(H,23,27). The molecule has 0 aliphatic carbocycles. The summed E-state index contributed by atoms with van der Waals surface area (Å²) in [4.78, 5) is 30.9. The summed E-state index contributed by atoms with van der Waals surface area (Å²) in [6.07, 6.45) is 1.36. The van der Waals surface area contributed by atoms with Crippen LogP contribution in [-0.2, 0) is 17.8 Å². The fourth-order valence-corrected chi connectivity index (χ4v) is 4.16. The topological polar surface area (TPSA) is 62.3 Å². The van der Waals surface area contributed by atoms with Gasteiger partial charge in [-0.1, -0.05) is 43.3 Å². The first-order chi connectivity index (χ1) is 13.6. The Morgan fingerprint density at radius 1 is 1.14 bits per heavy atom. The van der Waals surface area contributed by atoms with Crippen LogP contribution in [0.25, 0.3) is 10.6 Å². The van der Waals surface area contributed by atoms with Crippen molar-refractivity contribution in [1.29, 1.82) is 0 Å². The highest BCUT2D eigenvalue weighted by Gasteiger charge is 2.20. The van der Waals surface area contributed by atoms with Crippen LogP contribution in [0.2, 0.25) is 0 Å². The number of carbonyl (C=O) groups excluding carboxylic acids is 2. The van der Waals surface area contributed by atoms with Gasteiger partial charge in [0.15, 0.2) is 0 Å². The van der Waals surface area contributed by atoms with Crippen molar-refractivity contribution < 1.29 is 9.59 Å². The fourth-order valence-electron chi connectivity index (χ4n) is 3.36. The maximum Gasteiger partial charge on any atom is 0.275 e. The lowest BCUT2D eigenvalue weighted by Crippen LogP contribution is -2.35. The Kier molecular flexibility index (Phi) is 5.21. The summed E-state index contributed by atoms with van der Waals surface area (Å²) in [5.74, 6) is -0.0633. The van der Waals surface area contributed by atoms with Gasteiger partial charge in [-0.3, -0.25) is 9.59 Å². The number of benzene rings is 2. The molecular formula is C22H21N3O2S. The molecule has 0 bridgehead atoms. The van der Waals surface area contributed by atoms with E-state index < -0.39 is 0 Å². The van der Waals surface area contributed by atoms with Crippen LogP contribution in [-0.4, -0.2) is 28.2 Å². The van der Waals surface area contributed by atoms with Gasteiger partial charge in [0.1, 0.15) is 10.7 Å². The Labute approximate surface area is 168 Å². The summed E-state index contributed by atoms with van der Waals surface area (Å²) < 4.78 is 0. The van der Waals surface area contributed by atoms with E-state index in [4.69, 9.17) is 0 Å². The molecule has 1 N–H and O–H groups in total. The molecule has 2 heterocycles. The van der Waals surface area contributed by atoms with Crippen LogP contribution >= 0.6 is 11.3 Å². The third-order valence-corrected chi connectivity index (χ3v) is 5.78. The average molecular weight is 391 g/mol. The van der Waals surface area contributed by atoms with Gasteiger partial charge < -0.3 is 10.2 Å². The second kappa shape index (κ2) is 7.94. The highest BCUT2D eigenvalue weighted by atomic mass is 32.1. The third kappa shape index (κ3) is 3.82. The van der Waals surface area contributed by atoms with Crippen molar-refractivity contribution in [2.75, 3.05) is 11.9 Å². The second-order valence-electron chi connectivity index (χ2n) is 6.76. The Hall–Kier alpha value is -2.99. The molecule has 28 heavy (non-hydrogen) atoms. The molecule has 4 rings (SSSR count). The second-order valence-corrected chi connectivity index (χ2v) is 7.62. The van der Waals surface area contributed by atoms with Gasteiger partial charge in [0, 0.05) is 36.1 Å². The molecule has 0 radical (unpaired) electrons. The van der Waals surface area contributed by atoms with Crippen molar-refractivity contribution in [3.8, 4) is 10.6 Å². The molecule has 0 spiro atoms. The number of carbonyl (C=O) groups is 2. The minimum Gasteiger partial charge on any atom is -0.338 e. The number of amides is 2. The van der Waals surface area contributed by atoms with Gasteiger partial charge in [-0.25, -0.2) is 4.98 Å². The van der Waals surface area contributed by atoms with Gasteiger partial charge >= 0.3 is 0 Å². The predicted octanol–water partition coefficient (Wildman–Crippen LogP) is 4.36. The molecule has 1 aliphatic rings. The predicted molar refractivity (Wildman–Crippen MR) is 111 cm³/mol. The van der Waals surface area contributed by atoms with Crippen LogP contribution < -0.4 is 5.32 Å². The minimum absolute atomic E-state index is 0.163. The van der Waals surface area contributed by atoms with Gasteiger partial charge in [-0.05, 0) is 29.7 Å². The lowest BCUT2D eigenvalue weighted by Gasteiger charge is -2.29. The highest BCUT2D eigenvalue weighted by molar-refractivity contribution is 7.13. The summed E-state index contributed by atoms with van der Waals surface area (Å²) in [7, 11) is 0. The lowest BCUT2D eigenvalue weighted by molar-refractivity contribution is -0.131. The van der Waals surface area contributed by atoms with Gasteiger partial charge in [-0.15, -0.1) is 11.3 Å². The number of fused-ring (bicyclic) bond motifs is 1. The Morgan fingerprint density at radius 2 is 1.96 bits per heavy atom. The SMILES string of the molecule is CCC(=O)N1CCc2ccc(NC(=O)c3csc(-c4ccccc4)n3)cc2C1. The minimum atomic E-state index is -0.226. The van der Waals surface area contributed by atoms with E-state index >= 15 is 0 Å². The number of thiazole rings is 1. The molecule has 6 heteroatoms. The van der Waals surface area contributed by atoms with E-state index in [9.17, 15) is 9.59 Å². The van der Waals surface area contributed by atoms with Crippen LogP contribution in [0.5, 0.6) is 0 Å². The Bertz CT molecular complexity index is 1010. The molecular weight excluding hydrogens is 370 g/mol. The van der Waals surface area contributed by atoms with E-state index in [2.05, 4.69) is 10.3 Å². The molecule has 1 aromatic heterocycles. The van der Waals surface area contributed by atoms with E-state index in [1.807, 2.05) is 60.4 Å². The Morgan fingerprint density at radius 3 is 2.75 bits per heavy atom. The lowest BCUT2D eigenvalue weighted by atomic mass is 9.99. The van der Waals surface area contributed by atoms with Crippen LogP contribution in [0.4, 0.5) is 5.69 Å². The maximum atomic E-state index is 12.6. The van der Waals surface area contributed by atoms with E-state index in [0.29, 0.717) is 18.7 Å². The monoisotopic (exact) mass is 391 g/mol. The Balaban J connectivity index is 1.48. The summed E-state index contributed by atoms with van der Waals surface area (Å²) in [5.41, 5.74) is 4.46. The molecule has 142 valence electrons. The van der Waals surface area contributed by atoms with Crippen molar-refractivity contribution in [1.82, 2.24) is 9.88 Å². The molecule has 1 aliphatic heterocycles. The highest BCUT2D eigenvalue weighted by Crippen LogP contribution is 2.25. The first kappa shape index (κ1) is 18.4. The zero-order valence-electron chi connectivity index (χ0n) is 15.6. The fraction of sp³-hybridized carbons (Fsp3) is 0.227. The maximum absolute atomic E-state index is 12.6. The van der Waals surface area contributed by atoms with Crippen molar-refractivity contribution in [2.45, 2.75) is 26.3 Å². The van der Waals surface area contributed by atoms with E-state index in [0.717, 1.165) is 34.8 Å². The number of nitrogens with one attached hydrogen (secondary N) is 1. The third-order valence-electron chi connectivity index (χ3n) is 4.89. The largest absolute Gasteiger partial charge is 0.338 e. The smallest absolute Gasteiger partial charge is 0.275 e. The molecule has 0 atom stereocenters. The van der Waals surface area contributed by atoms with Gasteiger partial charge in [0.05, 0.1) is 0 Å². The number of anilines is 1. The van der Waals surface area contributed by atoms with Crippen LogP contribution in [0.15, 0.2) is 53.9 Å². The molecule has 0 unspecified atom stereocenters. The first-order valence-electron chi connectivity index (χ1n) is 9.36. The molecule has 2 aromatic carbocycles. The van der Waals surface area contributed by atoms with E-state index in [1.54, 1.807) is 5.38 Å². The van der Waals surface area contributed by atoms with E-state index in [1.165, 1.54) is 16.9 Å². The van der Waals surface area contributed by atoms with E-state index in [-0.39, 0.29) is 11.8 Å². The zero-order chi connectivity index (χ0) is 19.5. The summed E-state index contributed by atoms with van der Waals surface area (Å²) in [6, 6.07) is 15.7. The van der Waals surface area contributed by atoms with Crippen LogP contribution in [0.3, 0.4) is 0 Å². The molecule has 3 aromatic rings. The molecule has 2 amide bonds. The summed E-state index contributed by atoms with van der Waals surface area (Å²) >= 11 is 1.45. The molecule has 0 fully saturated rings. The van der Waals surface area contributed by atoms with Gasteiger partial charge in [0.25, 0.3) is 5.91 Å². The number of nitrogens with zero attached hydrogens (tertiary/aromatic N) is 2. The molecule has 5 nitrogen and oxygen atoms in total. The number of aromatic nitrogens is 1. The number of hydrogen-bond acceptors (Lipinski definition) is 4. The summed E-state index contributed by atoms with van der Waals surface area (Å²) in [5, 5.41) is 5.53.